The average molecular weight is 279 g/mol. The van der Waals surface area contributed by atoms with E-state index in [-0.39, 0.29) is 23.7 Å². The molecule has 0 unspecified atom stereocenters. The summed E-state index contributed by atoms with van der Waals surface area (Å²) in [5.41, 5.74) is 1.04. The van der Waals surface area contributed by atoms with Crippen LogP contribution in [-0.4, -0.2) is 25.2 Å². The van der Waals surface area contributed by atoms with Gasteiger partial charge >= 0.3 is 0 Å². The number of hydrogen-bond donors (Lipinski definition) is 1. The monoisotopic (exact) mass is 279 g/mol. The lowest BCUT2D eigenvalue weighted by atomic mass is 9.95. The molecule has 1 heterocycles. The van der Waals surface area contributed by atoms with Crippen LogP contribution in [0, 0.1) is 17.7 Å². The normalized spacial score (nSPS) is 20.1. The average Bonchev–Trinajstić information content (AvgIpc) is 2.94. The summed E-state index contributed by atoms with van der Waals surface area (Å²) in [5, 5.41) is 3.11. The maximum Gasteiger partial charge on any atom is 0.225 e. The molecule has 0 bridgehead atoms. The summed E-state index contributed by atoms with van der Waals surface area (Å²) in [6, 6.07) is 6.53. The molecule has 20 heavy (non-hydrogen) atoms. The minimum atomic E-state index is -0.234. The molecule has 0 radical (unpaired) electrons. The molecule has 1 saturated heterocycles. The lowest BCUT2D eigenvalue weighted by molar-refractivity contribution is -0.126. The zero-order valence-corrected chi connectivity index (χ0v) is 12.1. The van der Waals surface area contributed by atoms with E-state index in [2.05, 4.69) is 19.2 Å². The smallest absolute Gasteiger partial charge is 0.225 e. The molecule has 0 aliphatic carbocycles. The molecule has 3 nitrogen and oxygen atoms in total. The number of halogens is 1. The van der Waals surface area contributed by atoms with Gasteiger partial charge in [-0.3, -0.25) is 4.79 Å². The number of carbonyl (C=O) groups excluding carboxylic acids is 1. The quantitative estimate of drug-likeness (QED) is 0.899. The predicted octanol–water partition coefficient (Wildman–Crippen LogP) is 2.55. The van der Waals surface area contributed by atoms with Crippen LogP contribution in [0.5, 0.6) is 0 Å². The number of hydrogen-bond acceptors (Lipinski definition) is 2. The van der Waals surface area contributed by atoms with E-state index in [4.69, 9.17) is 4.74 Å². The summed E-state index contributed by atoms with van der Waals surface area (Å²) >= 11 is 0. The molecule has 1 fully saturated rings. The number of carbonyl (C=O) groups is 1. The van der Waals surface area contributed by atoms with Gasteiger partial charge < -0.3 is 10.1 Å². The lowest BCUT2D eigenvalue weighted by Gasteiger charge is -2.24. The molecular formula is C16H22FNO2. The Labute approximate surface area is 119 Å². The molecule has 2 atom stereocenters. The van der Waals surface area contributed by atoms with Crippen LogP contribution in [0.3, 0.4) is 0 Å². The van der Waals surface area contributed by atoms with Crippen LogP contribution in [0.2, 0.25) is 0 Å². The van der Waals surface area contributed by atoms with Crippen molar-refractivity contribution in [3.63, 3.8) is 0 Å². The van der Waals surface area contributed by atoms with Crippen LogP contribution < -0.4 is 5.32 Å². The second-order valence-corrected chi connectivity index (χ2v) is 5.75. The molecule has 0 aromatic heterocycles. The molecule has 4 heteroatoms. The van der Waals surface area contributed by atoms with E-state index in [9.17, 15) is 9.18 Å². The first kappa shape index (κ1) is 15.0. The lowest BCUT2D eigenvalue weighted by Crippen LogP contribution is -2.43. The molecule has 1 amide bonds. The Morgan fingerprint density at radius 2 is 2.10 bits per heavy atom. The Hall–Kier alpha value is -1.42. The Kier molecular flexibility index (Phi) is 5.12. The number of ether oxygens (including phenoxy) is 1. The third-order valence-corrected chi connectivity index (χ3v) is 3.80. The highest BCUT2D eigenvalue weighted by molar-refractivity contribution is 5.79. The maximum absolute atomic E-state index is 12.9. The highest BCUT2D eigenvalue weighted by atomic mass is 19.1. The van der Waals surface area contributed by atoms with Gasteiger partial charge in [0.1, 0.15) is 5.82 Å². The van der Waals surface area contributed by atoms with Gasteiger partial charge in [0, 0.05) is 12.6 Å². The van der Waals surface area contributed by atoms with Crippen molar-refractivity contribution in [2.45, 2.75) is 32.7 Å². The van der Waals surface area contributed by atoms with Gasteiger partial charge in [-0.15, -0.1) is 0 Å². The van der Waals surface area contributed by atoms with Crippen molar-refractivity contribution in [1.29, 1.82) is 0 Å². The minimum absolute atomic E-state index is 0.0236. The topological polar surface area (TPSA) is 38.3 Å². The molecule has 1 aromatic carbocycles. The molecule has 0 spiro atoms. The first-order chi connectivity index (χ1) is 9.56. The summed E-state index contributed by atoms with van der Waals surface area (Å²) in [6.45, 7) is 5.36. The maximum atomic E-state index is 12.9. The van der Waals surface area contributed by atoms with Crippen LogP contribution >= 0.6 is 0 Å². The molecular weight excluding hydrogens is 257 g/mol. The summed E-state index contributed by atoms with van der Waals surface area (Å²) < 4.78 is 18.2. The first-order valence-corrected chi connectivity index (χ1v) is 7.19. The summed E-state index contributed by atoms with van der Waals surface area (Å²) in [5.74, 6) is 0.140. The Morgan fingerprint density at radius 1 is 1.40 bits per heavy atom. The van der Waals surface area contributed by atoms with Gasteiger partial charge in [0.05, 0.1) is 12.5 Å². The molecule has 1 aromatic rings. The van der Waals surface area contributed by atoms with Crippen molar-refractivity contribution >= 4 is 5.91 Å². The van der Waals surface area contributed by atoms with E-state index >= 15 is 0 Å². The third-order valence-electron chi connectivity index (χ3n) is 3.80. The fraction of sp³-hybridized carbons (Fsp3) is 0.562. The Balaban J connectivity index is 1.96. The van der Waals surface area contributed by atoms with Crippen molar-refractivity contribution in [3.05, 3.63) is 35.6 Å². The molecule has 1 aliphatic rings. The highest BCUT2D eigenvalue weighted by Crippen LogP contribution is 2.16. The van der Waals surface area contributed by atoms with Crippen LogP contribution in [0.1, 0.15) is 25.8 Å². The van der Waals surface area contributed by atoms with E-state index in [0.717, 1.165) is 18.4 Å². The van der Waals surface area contributed by atoms with E-state index < -0.39 is 0 Å². The first-order valence-electron chi connectivity index (χ1n) is 7.19. The van der Waals surface area contributed by atoms with E-state index in [0.29, 0.717) is 19.1 Å². The van der Waals surface area contributed by atoms with Gasteiger partial charge in [-0.05, 0) is 36.5 Å². The van der Waals surface area contributed by atoms with Crippen molar-refractivity contribution in [1.82, 2.24) is 5.32 Å². The summed E-state index contributed by atoms with van der Waals surface area (Å²) in [6.07, 6.45) is 1.52. The van der Waals surface area contributed by atoms with Gasteiger partial charge in [0.2, 0.25) is 5.91 Å². The van der Waals surface area contributed by atoms with Crippen molar-refractivity contribution in [2.24, 2.45) is 11.8 Å². The fourth-order valence-electron chi connectivity index (χ4n) is 2.37. The second-order valence-electron chi connectivity index (χ2n) is 5.75. The van der Waals surface area contributed by atoms with Gasteiger partial charge in [-0.1, -0.05) is 26.0 Å². The number of amides is 1. The zero-order valence-electron chi connectivity index (χ0n) is 12.1. The number of rotatable bonds is 5. The highest BCUT2D eigenvalue weighted by Gasteiger charge is 2.26. The van der Waals surface area contributed by atoms with E-state index in [1.807, 2.05) is 0 Å². The van der Waals surface area contributed by atoms with Gasteiger partial charge in [-0.25, -0.2) is 4.39 Å². The fourth-order valence-corrected chi connectivity index (χ4v) is 2.37. The van der Waals surface area contributed by atoms with Crippen molar-refractivity contribution < 1.29 is 13.9 Å². The number of nitrogens with one attached hydrogen (secondary N) is 1. The van der Waals surface area contributed by atoms with Crippen LogP contribution in [-0.2, 0) is 16.0 Å². The molecule has 110 valence electrons. The zero-order chi connectivity index (χ0) is 14.5. The Bertz CT molecular complexity index is 438. The van der Waals surface area contributed by atoms with Gasteiger partial charge in [0.25, 0.3) is 0 Å². The standard InChI is InChI=1S/C16H22FNO2/c1-11(2)15(9-12-3-5-14(17)6-4-12)18-16(19)13-7-8-20-10-13/h3-6,11,13,15H,7-10H2,1-2H3,(H,18,19)/t13-,15+/m0/s1. The van der Waals surface area contributed by atoms with Crippen molar-refractivity contribution in [2.75, 3.05) is 13.2 Å². The molecule has 2 rings (SSSR count). The largest absolute Gasteiger partial charge is 0.381 e. The van der Waals surface area contributed by atoms with Crippen LogP contribution in [0.25, 0.3) is 0 Å². The van der Waals surface area contributed by atoms with E-state index in [1.165, 1.54) is 12.1 Å². The molecule has 0 saturated carbocycles. The van der Waals surface area contributed by atoms with Crippen molar-refractivity contribution in [3.8, 4) is 0 Å². The Morgan fingerprint density at radius 3 is 2.65 bits per heavy atom. The number of benzene rings is 1. The SMILES string of the molecule is CC(C)[C@@H](Cc1ccc(F)cc1)NC(=O)[C@H]1CCOC1. The van der Waals surface area contributed by atoms with Crippen LogP contribution in [0.15, 0.2) is 24.3 Å². The molecule has 1 N–H and O–H groups in total. The van der Waals surface area contributed by atoms with Gasteiger partial charge in [0.15, 0.2) is 0 Å². The third kappa shape index (κ3) is 4.04. The predicted molar refractivity (Wildman–Crippen MR) is 75.8 cm³/mol. The molecule has 1 aliphatic heterocycles. The summed E-state index contributed by atoms with van der Waals surface area (Å²) in [7, 11) is 0. The van der Waals surface area contributed by atoms with E-state index in [1.54, 1.807) is 12.1 Å². The van der Waals surface area contributed by atoms with Crippen LogP contribution in [0.4, 0.5) is 4.39 Å². The second kappa shape index (κ2) is 6.84. The summed E-state index contributed by atoms with van der Waals surface area (Å²) in [4.78, 5) is 12.2. The minimum Gasteiger partial charge on any atom is -0.381 e. The van der Waals surface area contributed by atoms with Gasteiger partial charge in [-0.2, -0.15) is 0 Å².